The van der Waals surface area contributed by atoms with Crippen LogP contribution in [-0.2, 0) is 17.2 Å². The van der Waals surface area contributed by atoms with Gasteiger partial charge in [0.05, 0.1) is 12.7 Å². The Bertz CT molecular complexity index is 2040. The molecule has 1 aliphatic heterocycles. The van der Waals surface area contributed by atoms with E-state index in [4.69, 9.17) is 31.2 Å². The van der Waals surface area contributed by atoms with Gasteiger partial charge in [0, 0.05) is 22.2 Å². The molecule has 0 fully saturated rings. The molecule has 0 radical (unpaired) electrons. The number of rotatable bonds is 10. The van der Waals surface area contributed by atoms with Crippen LogP contribution < -0.4 is 20.1 Å². The molecule has 2 N–H and O–H groups in total. The zero-order valence-electron chi connectivity index (χ0n) is 27.8. The van der Waals surface area contributed by atoms with E-state index >= 15 is 0 Å². The van der Waals surface area contributed by atoms with Crippen LogP contribution in [-0.4, -0.2) is 27.8 Å². The summed E-state index contributed by atoms with van der Waals surface area (Å²) in [6, 6.07) is 24.9. The van der Waals surface area contributed by atoms with E-state index in [2.05, 4.69) is 43.5 Å². The van der Waals surface area contributed by atoms with Crippen molar-refractivity contribution in [1.29, 1.82) is 0 Å². The van der Waals surface area contributed by atoms with Gasteiger partial charge in [-0.1, -0.05) is 78.0 Å². The van der Waals surface area contributed by atoms with Gasteiger partial charge in [-0.3, -0.25) is 4.79 Å². The van der Waals surface area contributed by atoms with Crippen LogP contribution in [0.5, 0.6) is 11.5 Å². The number of ether oxygens (including phenoxy) is 2. The predicted octanol–water partition coefficient (Wildman–Crippen LogP) is 8.97. The highest BCUT2D eigenvalue weighted by molar-refractivity contribution is 7.98. The second-order valence-corrected chi connectivity index (χ2v) is 13.3. The summed E-state index contributed by atoms with van der Waals surface area (Å²) in [5, 5.41) is 12.6. The molecule has 10 heteroatoms. The van der Waals surface area contributed by atoms with E-state index in [9.17, 15) is 4.79 Å². The van der Waals surface area contributed by atoms with Gasteiger partial charge in [0.15, 0.2) is 11.5 Å². The number of methoxy groups -OCH3 is 1. The number of carbonyl (C=O) groups is 1. The van der Waals surface area contributed by atoms with Gasteiger partial charge in [-0.25, -0.2) is 4.68 Å². The number of hydrogen-bond donors (Lipinski definition) is 2. The van der Waals surface area contributed by atoms with Crippen LogP contribution in [0, 0.1) is 27.7 Å². The van der Waals surface area contributed by atoms with Gasteiger partial charge >= 0.3 is 0 Å². The molecule has 4 aromatic carbocycles. The first-order chi connectivity index (χ1) is 23.1. The van der Waals surface area contributed by atoms with Crippen molar-refractivity contribution in [2.24, 2.45) is 0 Å². The van der Waals surface area contributed by atoms with Gasteiger partial charge in [-0.05, 0) is 97.8 Å². The van der Waals surface area contributed by atoms with Crippen molar-refractivity contribution >= 4 is 40.9 Å². The predicted molar refractivity (Wildman–Crippen MR) is 193 cm³/mol. The Morgan fingerprint density at radius 2 is 1.65 bits per heavy atom. The van der Waals surface area contributed by atoms with Crippen molar-refractivity contribution in [3.05, 3.63) is 134 Å². The Kier molecular flexibility index (Phi) is 9.80. The second kappa shape index (κ2) is 14.2. The molecule has 0 aliphatic carbocycles. The smallest absolute Gasteiger partial charge is 0.255 e. The number of thioether (sulfide) groups is 1. The second-order valence-electron chi connectivity index (χ2n) is 11.9. The first kappa shape index (κ1) is 33.2. The molecule has 2 heterocycles. The molecule has 1 amide bonds. The van der Waals surface area contributed by atoms with Gasteiger partial charge in [-0.2, -0.15) is 4.98 Å². The number of anilines is 2. The van der Waals surface area contributed by atoms with E-state index in [-0.39, 0.29) is 5.91 Å². The number of carbonyl (C=O) groups excluding carboxylic acids is 1. The van der Waals surface area contributed by atoms with Crippen molar-refractivity contribution in [2.75, 3.05) is 17.7 Å². The molecule has 5 aromatic rings. The van der Waals surface area contributed by atoms with Crippen LogP contribution in [0.3, 0.4) is 0 Å². The minimum Gasteiger partial charge on any atom is -0.493 e. The summed E-state index contributed by atoms with van der Waals surface area (Å²) in [4.78, 5) is 18.9. The number of aromatic nitrogens is 3. The molecule has 0 saturated carbocycles. The van der Waals surface area contributed by atoms with Crippen molar-refractivity contribution in [3.63, 3.8) is 0 Å². The Labute approximate surface area is 290 Å². The Hall–Kier alpha value is -4.73. The summed E-state index contributed by atoms with van der Waals surface area (Å²) in [6.07, 6.45) is 0. The zero-order valence-corrected chi connectivity index (χ0v) is 29.4. The number of benzene rings is 4. The van der Waals surface area contributed by atoms with Crippen LogP contribution in [0.25, 0.3) is 0 Å². The molecule has 6 rings (SSSR count). The van der Waals surface area contributed by atoms with E-state index in [0.717, 1.165) is 27.9 Å². The van der Waals surface area contributed by atoms with E-state index in [0.29, 0.717) is 51.3 Å². The number of para-hydroxylation sites is 1. The molecular weight excluding hydrogens is 642 g/mol. The normalized spacial score (nSPS) is 13.9. The molecular formula is C38H38ClN5O3S. The number of amides is 1. The first-order valence-electron chi connectivity index (χ1n) is 15.7. The standard InChI is InChI=1S/C38H38ClN5O3S/c1-22-11-7-10-14-31(22)41-36(45)34-26(5)40-37-42-38(48-21-28-12-8-9-13-30(28)39)43-44(37)35(34)27-15-16-32(33(19-27)46-6)47-20-29-18-24(3)23(2)17-25(29)4/h7-19,35H,20-21H2,1-6H3,(H,41,45)(H,40,42,43). The molecule has 0 spiro atoms. The van der Waals surface area contributed by atoms with E-state index in [1.54, 1.807) is 11.8 Å². The number of nitrogens with zero attached hydrogens (tertiary/aromatic N) is 3. The highest BCUT2D eigenvalue weighted by Crippen LogP contribution is 2.40. The number of nitrogens with one attached hydrogen (secondary N) is 2. The fourth-order valence-corrected chi connectivity index (χ4v) is 6.88. The molecule has 1 atom stereocenters. The average Bonchev–Trinajstić information content (AvgIpc) is 3.48. The van der Waals surface area contributed by atoms with Crippen molar-refractivity contribution < 1.29 is 14.3 Å². The lowest BCUT2D eigenvalue weighted by Crippen LogP contribution is -2.31. The van der Waals surface area contributed by atoms with Gasteiger partial charge in [0.25, 0.3) is 5.91 Å². The maximum Gasteiger partial charge on any atom is 0.255 e. The fraction of sp³-hybridized carbons (Fsp3) is 0.237. The molecule has 0 saturated heterocycles. The van der Waals surface area contributed by atoms with Crippen LogP contribution in [0.15, 0.2) is 95.3 Å². The maximum absolute atomic E-state index is 14.1. The minimum atomic E-state index is -0.600. The first-order valence-corrected chi connectivity index (χ1v) is 17.0. The quantitative estimate of drug-likeness (QED) is 0.142. The number of hydrogen-bond acceptors (Lipinski definition) is 7. The molecule has 1 unspecified atom stereocenters. The van der Waals surface area contributed by atoms with Crippen LogP contribution >= 0.6 is 23.4 Å². The Morgan fingerprint density at radius 3 is 2.42 bits per heavy atom. The third kappa shape index (κ3) is 6.93. The molecule has 1 aromatic heterocycles. The summed E-state index contributed by atoms with van der Waals surface area (Å²) in [5.41, 5.74) is 9.45. The van der Waals surface area contributed by atoms with Crippen molar-refractivity contribution in [1.82, 2.24) is 14.8 Å². The molecule has 246 valence electrons. The highest BCUT2D eigenvalue weighted by Gasteiger charge is 2.35. The van der Waals surface area contributed by atoms with E-state index in [1.807, 2.05) is 80.6 Å². The maximum atomic E-state index is 14.1. The number of fused-ring (bicyclic) bond motifs is 1. The van der Waals surface area contributed by atoms with Crippen molar-refractivity contribution in [2.45, 2.75) is 58.2 Å². The van der Waals surface area contributed by atoms with E-state index < -0.39 is 6.04 Å². The topological polar surface area (TPSA) is 90.3 Å². The van der Waals surface area contributed by atoms with Gasteiger partial charge in [0.2, 0.25) is 11.1 Å². The summed E-state index contributed by atoms with van der Waals surface area (Å²) in [7, 11) is 1.62. The number of halogens is 1. The minimum absolute atomic E-state index is 0.241. The number of aryl methyl sites for hydroxylation is 4. The number of allylic oxidation sites excluding steroid dienone is 1. The van der Waals surface area contributed by atoms with Crippen LogP contribution in [0.4, 0.5) is 11.6 Å². The van der Waals surface area contributed by atoms with Crippen LogP contribution in [0.1, 0.15) is 51.9 Å². The van der Waals surface area contributed by atoms with Crippen LogP contribution in [0.2, 0.25) is 5.02 Å². The molecule has 8 nitrogen and oxygen atoms in total. The van der Waals surface area contributed by atoms with E-state index in [1.165, 1.54) is 28.5 Å². The highest BCUT2D eigenvalue weighted by atomic mass is 35.5. The Morgan fingerprint density at radius 1 is 0.896 bits per heavy atom. The zero-order chi connectivity index (χ0) is 33.9. The van der Waals surface area contributed by atoms with Crippen molar-refractivity contribution in [3.8, 4) is 11.5 Å². The molecule has 48 heavy (non-hydrogen) atoms. The average molecular weight is 680 g/mol. The lowest BCUT2D eigenvalue weighted by Gasteiger charge is -2.29. The third-order valence-electron chi connectivity index (χ3n) is 8.62. The SMILES string of the molecule is COc1cc(C2C(C(=O)Nc3ccccc3C)=C(C)Nc3nc(SCc4ccccc4Cl)nn32)ccc1OCc1cc(C)c(C)cc1C. The van der Waals surface area contributed by atoms with Gasteiger partial charge in [-0.15, -0.1) is 5.10 Å². The lowest BCUT2D eigenvalue weighted by molar-refractivity contribution is -0.113. The summed E-state index contributed by atoms with van der Waals surface area (Å²) in [6.45, 7) is 10.6. The van der Waals surface area contributed by atoms with Gasteiger partial charge in [0.1, 0.15) is 12.6 Å². The molecule has 1 aliphatic rings. The third-order valence-corrected chi connectivity index (χ3v) is 9.88. The van der Waals surface area contributed by atoms with Gasteiger partial charge < -0.3 is 20.1 Å². The monoisotopic (exact) mass is 679 g/mol. The summed E-state index contributed by atoms with van der Waals surface area (Å²) in [5.74, 6) is 2.06. The molecule has 0 bridgehead atoms. The lowest BCUT2D eigenvalue weighted by atomic mass is 9.94. The summed E-state index contributed by atoms with van der Waals surface area (Å²) < 4.78 is 13.9. The largest absolute Gasteiger partial charge is 0.493 e. The Balaban J connectivity index is 1.35. The fourth-order valence-electron chi connectivity index (χ4n) is 5.76. The summed E-state index contributed by atoms with van der Waals surface area (Å²) >= 11 is 7.90.